The van der Waals surface area contributed by atoms with Crippen molar-refractivity contribution in [3.8, 4) is 11.5 Å². The van der Waals surface area contributed by atoms with Crippen molar-refractivity contribution >= 4 is 40.6 Å². The quantitative estimate of drug-likeness (QED) is 0.363. The molecule has 7 heteroatoms. The van der Waals surface area contributed by atoms with E-state index in [0.29, 0.717) is 28.0 Å². The predicted molar refractivity (Wildman–Crippen MR) is 131 cm³/mol. The van der Waals surface area contributed by atoms with Gasteiger partial charge in [-0.05, 0) is 65.7 Å². The van der Waals surface area contributed by atoms with Crippen LogP contribution in [0.1, 0.15) is 22.3 Å². The van der Waals surface area contributed by atoms with Gasteiger partial charge >= 0.3 is 0 Å². The van der Waals surface area contributed by atoms with Crippen molar-refractivity contribution in [2.45, 2.75) is 20.1 Å². The first-order valence-corrected chi connectivity index (χ1v) is 11.5. The molecule has 0 spiro atoms. The van der Waals surface area contributed by atoms with Crippen LogP contribution < -0.4 is 9.47 Å². The van der Waals surface area contributed by atoms with Crippen molar-refractivity contribution in [3.63, 3.8) is 0 Å². The minimum atomic E-state index is -0.299. The summed E-state index contributed by atoms with van der Waals surface area (Å²) in [6.07, 6.45) is 1.70. The van der Waals surface area contributed by atoms with E-state index >= 15 is 0 Å². The van der Waals surface area contributed by atoms with E-state index in [0.717, 1.165) is 34.0 Å². The molecule has 1 heterocycles. The first-order chi connectivity index (χ1) is 15.9. The molecule has 33 heavy (non-hydrogen) atoms. The number of ether oxygens (including phenoxy) is 2. The second-order valence-corrected chi connectivity index (χ2v) is 9.01. The molecule has 1 fully saturated rings. The van der Waals surface area contributed by atoms with Gasteiger partial charge in [0.25, 0.3) is 11.1 Å². The van der Waals surface area contributed by atoms with Crippen molar-refractivity contribution in [1.29, 1.82) is 0 Å². The number of halogens is 1. The summed E-state index contributed by atoms with van der Waals surface area (Å²) in [6, 6.07) is 20.6. The van der Waals surface area contributed by atoms with Gasteiger partial charge in [0.2, 0.25) is 0 Å². The van der Waals surface area contributed by atoms with Crippen LogP contribution in [0.15, 0.2) is 71.6 Å². The summed E-state index contributed by atoms with van der Waals surface area (Å²) in [4.78, 5) is 26.9. The Labute approximate surface area is 202 Å². The Morgan fingerprint density at radius 1 is 0.939 bits per heavy atom. The second-order valence-electron chi connectivity index (χ2n) is 7.58. The Bertz CT molecular complexity index is 1210. The predicted octanol–water partition coefficient (Wildman–Crippen LogP) is 6.47. The number of nitrogens with zero attached hydrogens (tertiary/aromatic N) is 1. The van der Waals surface area contributed by atoms with Crippen molar-refractivity contribution in [3.05, 3.63) is 98.9 Å². The third kappa shape index (κ3) is 5.59. The molecule has 4 rings (SSSR count). The van der Waals surface area contributed by atoms with Crippen molar-refractivity contribution < 1.29 is 19.1 Å². The highest BCUT2D eigenvalue weighted by atomic mass is 35.5. The van der Waals surface area contributed by atoms with Gasteiger partial charge in [0.15, 0.2) is 11.5 Å². The average Bonchev–Trinajstić information content (AvgIpc) is 3.07. The molecule has 0 radical (unpaired) electrons. The summed E-state index contributed by atoms with van der Waals surface area (Å²) in [5, 5.41) is 0.394. The van der Waals surface area contributed by atoms with Crippen LogP contribution >= 0.6 is 23.4 Å². The van der Waals surface area contributed by atoms with Gasteiger partial charge < -0.3 is 9.47 Å². The molecule has 0 saturated carbocycles. The maximum absolute atomic E-state index is 12.8. The summed E-state index contributed by atoms with van der Waals surface area (Å²) in [6.45, 7) is 2.61. The van der Waals surface area contributed by atoms with Crippen LogP contribution in [0.5, 0.6) is 11.5 Å². The zero-order valence-corrected chi connectivity index (χ0v) is 19.8. The van der Waals surface area contributed by atoms with Gasteiger partial charge in [-0.25, -0.2) is 0 Å². The van der Waals surface area contributed by atoms with E-state index in [4.69, 9.17) is 21.1 Å². The number of aryl methyl sites for hydroxylation is 1. The highest BCUT2D eigenvalue weighted by molar-refractivity contribution is 8.18. The molecule has 0 aromatic heterocycles. The second kappa shape index (κ2) is 10.1. The first kappa shape index (κ1) is 23.0. The molecule has 0 unspecified atom stereocenters. The summed E-state index contributed by atoms with van der Waals surface area (Å²) in [7, 11) is 1.56. The zero-order valence-electron chi connectivity index (χ0n) is 18.2. The smallest absolute Gasteiger partial charge is 0.293 e. The van der Waals surface area contributed by atoms with E-state index in [2.05, 4.69) is 0 Å². The van der Waals surface area contributed by atoms with Crippen LogP contribution in [0, 0.1) is 6.92 Å². The number of hydrogen-bond acceptors (Lipinski definition) is 5. The van der Waals surface area contributed by atoms with Gasteiger partial charge in [-0.3, -0.25) is 14.5 Å². The van der Waals surface area contributed by atoms with Crippen LogP contribution in [0.2, 0.25) is 5.02 Å². The maximum Gasteiger partial charge on any atom is 0.293 e. The molecule has 0 bridgehead atoms. The maximum atomic E-state index is 12.8. The topological polar surface area (TPSA) is 55.8 Å². The number of rotatable bonds is 7. The third-order valence-corrected chi connectivity index (χ3v) is 6.29. The number of imide groups is 1. The van der Waals surface area contributed by atoms with Gasteiger partial charge in [-0.15, -0.1) is 0 Å². The Morgan fingerprint density at radius 3 is 2.33 bits per heavy atom. The van der Waals surface area contributed by atoms with Gasteiger partial charge in [0, 0.05) is 5.02 Å². The summed E-state index contributed by atoms with van der Waals surface area (Å²) in [5.74, 6) is 0.821. The molecular formula is C26H22ClNO4S. The third-order valence-electron chi connectivity index (χ3n) is 5.13. The molecule has 3 aromatic rings. The fraction of sp³-hybridized carbons (Fsp3) is 0.154. The minimum absolute atomic E-state index is 0.253. The van der Waals surface area contributed by atoms with Gasteiger partial charge in [0.05, 0.1) is 18.6 Å². The van der Waals surface area contributed by atoms with Gasteiger partial charge in [-0.2, -0.15) is 0 Å². The molecule has 5 nitrogen and oxygen atoms in total. The van der Waals surface area contributed by atoms with Crippen molar-refractivity contribution in [2.75, 3.05) is 7.11 Å². The van der Waals surface area contributed by atoms with E-state index < -0.39 is 0 Å². The van der Waals surface area contributed by atoms with Crippen molar-refractivity contribution in [1.82, 2.24) is 4.90 Å². The standard InChI is InChI=1S/C26H22ClNO4S/c1-17-3-5-18(6-4-17)15-28-25(29)24(33-26(28)30)14-20-9-12-22(23(13-20)31-2)32-16-19-7-10-21(27)11-8-19/h3-14H,15-16H2,1-2H3/b24-14+. The largest absolute Gasteiger partial charge is 0.493 e. The van der Waals surface area contributed by atoms with Crippen molar-refractivity contribution in [2.24, 2.45) is 0 Å². The number of benzene rings is 3. The van der Waals surface area contributed by atoms with E-state index in [1.165, 1.54) is 4.90 Å². The SMILES string of the molecule is COc1cc(/C=C2/SC(=O)N(Cc3ccc(C)cc3)C2=O)ccc1OCc1ccc(Cl)cc1. The van der Waals surface area contributed by atoms with Crippen LogP contribution in [0.25, 0.3) is 6.08 Å². The molecule has 0 aliphatic carbocycles. The number of carbonyl (C=O) groups excluding carboxylic acids is 2. The summed E-state index contributed by atoms with van der Waals surface area (Å²) < 4.78 is 11.4. The highest BCUT2D eigenvalue weighted by Gasteiger charge is 2.35. The minimum Gasteiger partial charge on any atom is -0.493 e. The summed E-state index contributed by atoms with van der Waals surface area (Å²) >= 11 is 6.86. The number of carbonyl (C=O) groups is 2. The fourth-order valence-electron chi connectivity index (χ4n) is 3.30. The number of hydrogen-bond donors (Lipinski definition) is 0. The van der Waals surface area contributed by atoms with Gasteiger partial charge in [0.1, 0.15) is 6.61 Å². The number of methoxy groups -OCH3 is 1. The molecule has 0 N–H and O–H groups in total. The number of thioether (sulfide) groups is 1. The normalized spacial score (nSPS) is 14.8. The molecule has 2 amide bonds. The average molecular weight is 480 g/mol. The number of amides is 2. The summed E-state index contributed by atoms with van der Waals surface area (Å²) in [5.41, 5.74) is 3.76. The Hall–Kier alpha value is -3.22. The molecule has 0 atom stereocenters. The lowest BCUT2D eigenvalue weighted by atomic mass is 10.1. The Kier molecular flexibility index (Phi) is 7.06. The lowest BCUT2D eigenvalue weighted by Crippen LogP contribution is -2.27. The van der Waals surface area contributed by atoms with E-state index in [1.807, 2.05) is 61.5 Å². The Balaban J connectivity index is 1.47. The molecule has 3 aromatic carbocycles. The molecular weight excluding hydrogens is 458 g/mol. The Morgan fingerprint density at radius 2 is 1.64 bits per heavy atom. The molecule has 168 valence electrons. The van der Waals surface area contributed by atoms with Crippen LogP contribution in [0.4, 0.5) is 4.79 Å². The van der Waals surface area contributed by atoms with E-state index in [1.54, 1.807) is 25.3 Å². The van der Waals surface area contributed by atoms with Crippen LogP contribution in [-0.4, -0.2) is 23.2 Å². The molecule has 1 aliphatic rings. The van der Waals surface area contributed by atoms with Gasteiger partial charge in [-0.1, -0.05) is 59.6 Å². The zero-order chi connectivity index (χ0) is 23.4. The molecule has 1 saturated heterocycles. The van der Waals surface area contributed by atoms with E-state index in [9.17, 15) is 9.59 Å². The van der Waals surface area contributed by atoms with Crippen LogP contribution in [-0.2, 0) is 17.9 Å². The first-order valence-electron chi connectivity index (χ1n) is 10.3. The molecule has 1 aliphatic heterocycles. The fourth-order valence-corrected chi connectivity index (χ4v) is 4.26. The highest BCUT2D eigenvalue weighted by Crippen LogP contribution is 2.35. The lowest BCUT2D eigenvalue weighted by molar-refractivity contribution is -0.123. The van der Waals surface area contributed by atoms with Crippen LogP contribution in [0.3, 0.4) is 0 Å². The lowest BCUT2D eigenvalue weighted by Gasteiger charge is -2.13. The van der Waals surface area contributed by atoms with E-state index in [-0.39, 0.29) is 17.7 Å². The monoisotopic (exact) mass is 479 g/mol.